The first kappa shape index (κ1) is 27.1. The van der Waals surface area contributed by atoms with Crippen LogP contribution in [0.15, 0.2) is 46.0 Å². The van der Waals surface area contributed by atoms with Gasteiger partial charge in [0.05, 0.1) is 27.9 Å². The maximum atomic E-state index is 12.7. The second-order valence-electron chi connectivity index (χ2n) is 7.35. The van der Waals surface area contributed by atoms with Gasteiger partial charge in [-0.1, -0.05) is 37.6 Å². The van der Waals surface area contributed by atoms with E-state index in [1.807, 2.05) is 0 Å². The van der Waals surface area contributed by atoms with Crippen LogP contribution in [0.1, 0.15) is 36.7 Å². The SMILES string of the molecule is CCOc1cc(C=NNC(=O)C(NC(=O)c2ccccc2Cl)C(C)C)cc(Br)c1OCC(=O)O. The van der Waals surface area contributed by atoms with Gasteiger partial charge in [-0.15, -0.1) is 0 Å². The van der Waals surface area contributed by atoms with Gasteiger partial charge in [-0.05, 0) is 58.6 Å². The van der Waals surface area contributed by atoms with Gasteiger partial charge in [0.15, 0.2) is 18.1 Å². The largest absolute Gasteiger partial charge is 0.490 e. The first-order chi connectivity index (χ1) is 16.1. The highest BCUT2D eigenvalue weighted by Crippen LogP contribution is 2.36. The maximum absolute atomic E-state index is 12.7. The molecule has 11 heteroatoms. The molecular formula is C23H25BrClN3O6. The molecule has 0 fully saturated rings. The van der Waals surface area contributed by atoms with E-state index in [0.29, 0.717) is 22.4 Å². The van der Waals surface area contributed by atoms with Crippen LogP contribution in [-0.4, -0.2) is 48.4 Å². The molecule has 0 aliphatic heterocycles. The Morgan fingerprint density at radius 2 is 1.91 bits per heavy atom. The van der Waals surface area contributed by atoms with Crippen molar-refractivity contribution in [3.8, 4) is 11.5 Å². The summed E-state index contributed by atoms with van der Waals surface area (Å²) in [4.78, 5) is 36.1. The molecule has 2 rings (SSSR count). The molecule has 0 spiro atoms. The van der Waals surface area contributed by atoms with Crippen LogP contribution in [0, 0.1) is 5.92 Å². The first-order valence-electron chi connectivity index (χ1n) is 10.3. The van der Waals surface area contributed by atoms with E-state index >= 15 is 0 Å². The van der Waals surface area contributed by atoms with Crippen molar-refractivity contribution in [3.05, 3.63) is 57.0 Å². The number of rotatable bonds is 11. The molecule has 0 heterocycles. The fourth-order valence-corrected chi connectivity index (χ4v) is 3.63. The average molecular weight is 555 g/mol. The number of carbonyl (C=O) groups excluding carboxylic acids is 2. The molecule has 9 nitrogen and oxygen atoms in total. The van der Waals surface area contributed by atoms with Crippen molar-refractivity contribution in [2.75, 3.05) is 13.2 Å². The zero-order valence-electron chi connectivity index (χ0n) is 18.8. The van der Waals surface area contributed by atoms with Gasteiger partial charge in [-0.3, -0.25) is 9.59 Å². The fraction of sp³-hybridized carbons (Fsp3) is 0.304. The molecule has 0 bridgehead atoms. The maximum Gasteiger partial charge on any atom is 0.341 e. The molecule has 0 radical (unpaired) electrons. The number of benzene rings is 2. The molecule has 2 aromatic carbocycles. The molecule has 34 heavy (non-hydrogen) atoms. The number of nitrogens with one attached hydrogen (secondary N) is 2. The lowest BCUT2D eigenvalue weighted by molar-refractivity contribution is -0.139. The summed E-state index contributed by atoms with van der Waals surface area (Å²) in [6, 6.07) is 8.94. The Morgan fingerprint density at radius 3 is 2.53 bits per heavy atom. The van der Waals surface area contributed by atoms with Crippen molar-refractivity contribution >= 4 is 51.5 Å². The van der Waals surface area contributed by atoms with Crippen LogP contribution in [0.4, 0.5) is 0 Å². The van der Waals surface area contributed by atoms with E-state index in [0.717, 1.165) is 0 Å². The number of carbonyl (C=O) groups is 3. The number of hydrazone groups is 1. The molecule has 0 saturated carbocycles. The normalized spacial score (nSPS) is 11.8. The van der Waals surface area contributed by atoms with Crippen molar-refractivity contribution in [1.82, 2.24) is 10.7 Å². The zero-order valence-corrected chi connectivity index (χ0v) is 21.1. The van der Waals surface area contributed by atoms with Crippen molar-refractivity contribution in [2.45, 2.75) is 26.8 Å². The predicted octanol–water partition coefficient (Wildman–Crippen LogP) is 3.87. The molecule has 182 valence electrons. The van der Waals surface area contributed by atoms with Crippen molar-refractivity contribution in [3.63, 3.8) is 0 Å². The smallest absolute Gasteiger partial charge is 0.341 e. The van der Waals surface area contributed by atoms with Gasteiger partial charge in [0.25, 0.3) is 11.8 Å². The Hall–Kier alpha value is -3.11. The van der Waals surface area contributed by atoms with Crippen LogP contribution in [0.3, 0.4) is 0 Å². The van der Waals surface area contributed by atoms with Crippen LogP contribution < -0.4 is 20.2 Å². The number of hydrogen-bond acceptors (Lipinski definition) is 6. The number of ether oxygens (including phenoxy) is 2. The molecule has 0 aliphatic carbocycles. The average Bonchev–Trinajstić information content (AvgIpc) is 2.76. The van der Waals surface area contributed by atoms with Crippen LogP contribution in [0.25, 0.3) is 0 Å². The number of halogens is 2. The summed E-state index contributed by atoms with van der Waals surface area (Å²) in [6.07, 6.45) is 1.39. The lowest BCUT2D eigenvalue weighted by atomic mass is 10.0. The molecule has 0 aliphatic rings. The summed E-state index contributed by atoms with van der Waals surface area (Å²) in [5.41, 5.74) is 3.25. The number of amides is 2. The summed E-state index contributed by atoms with van der Waals surface area (Å²) in [7, 11) is 0. The molecule has 2 aromatic rings. The van der Waals surface area contributed by atoms with Gasteiger partial charge in [0, 0.05) is 0 Å². The molecule has 1 unspecified atom stereocenters. The number of carboxylic acids is 1. The third-order valence-electron chi connectivity index (χ3n) is 4.41. The molecule has 3 N–H and O–H groups in total. The van der Waals surface area contributed by atoms with Crippen LogP contribution in [0.2, 0.25) is 5.02 Å². The summed E-state index contributed by atoms with van der Waals surface area (Å²) in [6.45, 7) is 5.16. The molecular weight excluding hydrogens is 530 g/mol. The topological polar surface area (TPSA) is 126 Å². The van der Waals surface area contributed by atoms with Crippen LogP contribution >= 0.6 is 27.5 Å². The van der Waals surface area contributed by atoms with Gasteiger partial charge in [-0.25, -0.2) is 10.2 Å². The van der Waals surface area contributed by atoms with Crippen molar-refractivity contribution < 1.29 is 29.0 Å². The van der Waals surface area contributed by atoms with Crippen LogP contribution in [0.5, 0.6) is 11.5 Å². The van der Waals surface area contributed by atoms with E-state index in [9.17, 15) is 14.4 Å². The standard InChI is InChI=1S/C23H25BrClN3O6/c1-4-33-18-10-14(9-16(24)21(18)34-12-19(29)30)11-26-28-23(32)20(13(2)3)27-22(31)15-7-5-6-8-17(15)25/h5-11,13,20H,4,12H2,1-3H3,(H,27,31)(H,28,32)(H,29,30). The molecule has 0 saturated heterocycles. The Labute approximate surface area is 210 Å². The molecule has 2 amide bonds. The summed E-state index contributed by atoms with van der Waals surface area (Å²) >= 11 is 9.40. The predicted molar refractivity (Wildman–Crippen MR) is 132 cm³/mol. The lowest BCUT2D eigenvalue weighted by Crippen LogP contribution is -2.48. The zero-order chi connectivity index (χ0) is 25.3. The monoisotopic (exact) mass is 553 g/mol. The first-order valence-corrected chi connectivity index (χ1v) is 11.5. The van der Waals surface area contributed by atoms with E-state index in [1.54, 1.807) is 57.2 Å². The summed E-state index contributed by atoms with van der Waals surface area (Å²) in [5, 5.41) is 15.8. The highest BCUT2D eigenvalue weighted by Gasteiger charge is 2.25. The van der Waals surface area contributed by atoms with Gasteiger partial charge < -0.3 is 19.9 Å². The number of nitrogens with zero attached hydrogens (tertiary/aromatic N) is 1. The summed E-state index contributed by atoms with van der Waals surface area (Å²) < 4.78 is 11.3. The van der Waals surface area contributed by atoms with E-state index in [1.165, 1.54) is 6.21 Å². The quantitative estimate of drug-likeness (QED) is 0.286. The van der Waals surface area contributed by atoms with Gasteiger partial charge >= 0.3 is 5.97 Å². The fourth-order valence-electron chi connectivity index (χ4n) is 2.84. The highest BCUT2D eigenvalue weighted by atomic mass is 79.9. The van der Waals surface area contributed by atoms with E-state index in [4.69, 9.17) is 26.2 Å². The second kappa shape index (κ2) is 13.0. The minimum atomic E-state index is -1.12. The Kier molecular flexibility index (Phi) is 10.3. The number of carboxylic acid groups (broad SMARTS) is 1. The Bertz CT molecular complexity index is 1080. The summed E-state index contributed by atoms with van der Waals surface area (Å²) in [5.74, 6) is -1.75. The Morgan fingerprint density at radius 1 is 1.21 bits per heavy atom. The highest BCUT2D eigenvalue weighted by molar-refractivity contribution is 9.10. The van der Waals surface area contributed by atoms with Gasteiger partial charge in [-0.2, -0.15) is 5.10 Å². The van der Waals surface area contributed by atoms with Gasteiger partial charge in [0.1, 0.15) is 6.04 Å². The van der Waals surface area contributed by atoms with Crippen molar-refractivity contribution in [1.29, 1.82) is 0 Å². The van der Waals surface area contributed by atoms with E-state index in [2.05, 4.69) is 31.8 Å². The minimum absolute atomic E-state index is 0.217. The molecule has 0 aromatic heterocycles. The van der Waals surface area contributed by atoms with Gasteiger partial charge in [0.2, 0.25) is 0 Å². The van der Waals surface area contributed by atoms with E-state index in [-0.39, 0.29) is 22.3 Å². The Balaban J connectivity index is 2.12. The minimum Gasteiger partial charge on any atom is -0.490 e. The van der Waals surface area contributed by atoms with Crippen LogP contribution in [-0.2, 0) is 9.59 Å². The molecule has 1 atom stereocenters. The lowest BCUT2D eigenvalue weighted by Gasteiger charge is -2.20. The third-order valence-corrected chi connectivity index (χ3v) is 5.33. The second-order valence-corrected chi connectivity index (χ2v) is 8.62. The number of aliphatic carboxylic acids is 1. The van der Waals surface area contributed by atoms with E-state index < -0.39 is 30.4 Å². The third kappa shape index (κ3) is 7.74. The van der Waals surface area contributed by atoms with Crippen molar-refractivity contribution in [2.24, 2.45) is 11.0 Å². The number of hydrogen-bond donors (Lipinski definition) is 3.